The normalized spacial score (nSPS) is 14.6. The van der Waals surface area contributed by atoms with Crippen LogP contribution in [0.15, 0.2) is 24.3 Å². The number of phenols is 1. The van der Waals surface area contributed by atoms with Crippen molar-refractivity contribution in [2.75, 3.05) is 20.6 Å². The van der Waals surface area contributed by atoms with Crippen molar-refractivity contribution in [2.45, 2.75) is 52.1 Å². The van der Waals surface area contributed by atoms with Crippen LogP contribution in [0.25, 0.3) is 0 Å². The Balaban J connectivity index is 2.69. The molecule has 2 atom stereocenters. The van der Waals surface area contributed by atoms with Crippen molar-refractivity contribution in [1.29, 1.82) is 0 Å². The van der Waals surface area contributed by atoms with E-state index in [1.165, 1.54) is 18.4 Å². The van der Waals surface area contributed by atoms with Gasteiger partial charge in [0.1, 0.15) is 5.75 Å². The number of phenolic OH excluding ortho intramolecular Hbond substituents is 1. The van der Waals surface area contributed by atoms with Gasteiger partial charge in [0.25, 0.3) is 0 Å². The maximum atomic E-state index is 9.41. The zero-order valence-electron chi connectivity index (χ0n) is 14.3. The molecule has 1 aromatic rings. The lowest BCUT2D eigenvalue weighted by atomic mass is 9.92. The Labute approximate surface area is 130 Å². The molecule has 0 aliphatic rings. The summed E-state index contributed by atoms with van der Waals surface area (Å²) in [6.45, 7) is 7.76. The molecule has 21 heavy (non-hydrogen) atoms. The van der Waals surface area contributed by atoms with E-state index in [1.807, 2.05) is 12.1 Å². The minimum atomic E-state index is 0.330. The smallest absolute Gasteiger partial charge is 0.115 e. The summed E-state index contributed by atoms with van der Waals surface area (Å²) in [5, 5.41) is 13.1. The highest BCUT2D eigenvalue weighted by atomic mass is 16.3. The van der Waals surface area contributed by atoms with Crippen LogP contribution in [0.5, 0.6) is 5.75 Å². The third-order valence-corrected chi connectivity index (χ3v) is 4.53. The third kappa shape index (κ3) is 5.33. The van der Waals surface area contributed by atoms with Crippen LogP contribution < -0.4 is 5.32 Å². The number of nitrogens with one attached hydrogen (secondary N) is 1. The molecular formula is C18H32N2O. The summed E-state index contributed by atoms with van der Waals surface area (Å²) in [4.78, 5) is 2.34. The zero-order valence-corrected chi connectivity index (χ0v) is 14.3. The van der Waals surface area contributed by atoms with Crippen molar-refractivity contribution in [3.8, 4) is 5.75 Å². The number of benzene rings is 1. The van der Waals surface area contributed by atoms with Gasteiger partial charge in [-0.25, -0.2) is 0 Å². The number of likely N-dealkylation sites (N-methyl/N-ethyl adjacent to an activating group) is 1. The molecule has 0 heterocycles. The first kappa shape index (κ1) is 18.0. The molecule has 0 saturated heterocycles. The summed E-state index contributed by atoms with van der Waals surface area (Å²) in [7, 11) is 4.35. The monoisotopic (exact) mass is 292 g/mol. The predicted octanol–water partition coefficient (Wildman–Crippen LogP) is 3.80. The molecule has 0 aliphatic heterocycles. The molecule has 2 N–H and O–H groups in total. The summed E-state index contributed by atoms with van der Waals surface area (Å²) in [5.41, 5.74) is 1.25. The Morgan fingerprint density at radius 1 is 1.00 bits per heavy atom. The van der Waals surface area contributed by atoms with Crippen LogP contribution in [0.1, 0.15) is 51.6 Å². The Bertz CT molecular complexity index is 385. The van der Waals surface area contributed by atoms with Gasteiger partial charge in [-0.15, -0.1) is 0 Å². The standard InChI is InChI=1S/C18H32N2O/c1-6-14(7-2)18(20(4)5)13-19-17(8-3)15-9-11-16(21)12-10-15/h9-12,14,17-19,21H,6-8,13H2,1-5H3. The fourth-order valence-electron chi connectivity index (χ4n) is 3.07. The van der Waals surface area contributed by atoms with E-state index in [2.05, 4.69) is 45.1 Å². The fraction of sp³-hybridized carbons (Fsp3) is 0.667. The molecule has 0 saturated carbocycles. The van der Waals surface area contributed by atoms with Crippen molar-refractivity contribution in [3.05, 3.63) is 29.8 Å². The lowest BCUT2D eigenvalue weighted by molar-refractivity contribution is 0.189. The van der Waals surface area contributed by atoms with E-state index >= 15 is 0 Å². The van der Waals surface area contributed by atoms with Crippen LogP contribution in [-0.4, -0.2) is 36.7 Å². The summed E-state index contributed by atoms with van der Waals surface area (Å²) in [6.07, 6.45) is 3.49. The number of aromatic hydroxyl groups is 1. The van der Waals surface area contributed by atoms with Crippen molar-refractivity contribution in [1.82, 2.24) is 10.2 Å². The number of nitrogens with zero attached hydrogens (tertiary/aromatic N) is 1. The highest BCUT2D eigenvalue weighted by Gasteiger charge is 2.21. The lowest BCUT2D eigenvalue weighted by Gasteiger charge is -2.33. The van der Waals surface area contributed by atoms with E-state index in [1.54, 1.807) is 12.1 Å². The molecule has 3 nitrogen and oxygen atoms in total. The molecule has 0 spiro atoms. The Morgan fingerprint density at radius 2 is 1.57 bits per heavy atom. The summed E-state index contributed by atoms with van der Waals surface area (Å²) >= 11 is 0. The average molecular weight is 292 g/mol. The van der Waals surface area contributed by atoms with Crippen LogP contribution in [0, 0.1) is 5.92 Å². The van der Waals surface area contributed by atoms with Crippen LogP contribution in [-0.2, 0) is 0 Å². The van der Waals surface area contributed by atoms with E-state index in [4.69, 9.17) is 0 Å². The highest BCUT2D eigenvalue weighted by molar-refractivity contribution is 5.28. The zero-order chi connectivity index (χ0) is 15.8. The maximum absolute atomic E-state index is 9.41. The molecule has 0 amide bonds. The second-order valence-corrected chi connectivity index (χ2v) is 6.07. The molecule has 1 aromatic carbocycles. The van der Waals surface area contributed by atoms with Gasteiger partial charge in [0, 0.05) is 18.6 Å². The molecule has 0 radical (unpaired) electrons. The largest absolute Gasteiger partial charge is 0.508 e. The first-order chi connectivity index (χ1) is 10.0. The van der Waals surface area contributed by atoms with E-state index in [0.29, 0.717) is 17.8 Å². The minimum Gasteiger partial charge on any atom is -0.508 e. The molecule has 0 fully saturated rings. The van der Waals surface area contributed by atoms with Crippen molar-refractivity contribution in [3.63, 3.8) is 0 Å². The van der Waals surface area contributed by atoms with Crippen LogP contribution in [0.2, 0.25) is 0 Å². The van der Waals surface area contributed by atoms with Gasteiger partial charge >= 0.3 is 0 Å². The Morgan fingerprint density at radius 3 is 2.00 bits per heavy atom. The molecule has 2 unspecified atom stereocenters. The molecule has 0 aromatic heterocycles. The summed E-state index contributed by atoms with van der Waals surface area (Å²) in [5.74, 6) is 1.06. The highest BCUT2D eigenvalue weighted by Crippen LogP contribution is 2.21. The van der Waals surface area contributed by atoms with Crippen LogP contribution >= 0.6 is 0 Å². The summed E-state index contributed by atoms with van der Waals surface area (Å²) in [6, 6.07) is 8.47. The van der Waals surface area contributed by atoms with E-state index in [0.717, 1.165) is 18.9 Å². The first-order valence-electron chi connectivity index (χ1n) is 8.22. The fourth-order valence-corrected chi connectivity index (χ4v) is 3.07. The van der Waals surface area contributed by atoms with Gasteiger partial charge in [-0.05, 0) is 44.1 Å². The van der Waals surface area contributed by atoms with Gasteiger partial charge in [-0.1, -0.05) is 45.7 Å². The van der Waals surface area contributed by atoms with Crippen molar-refractivity contribution in [2.24, 2.45) is 5.92 Å². The molecule has 0 aliphatic carbocycles. The summed E-state index contributed by atoms with van der Waals surface area (Å²) < 4.78 is 0. The van der Waals surface area contributed by atoms with E-state index in [-0.39, 0.29) is 0 Å². The predicted molar refractivity (Wildman–Crippen MR) is 90.7 cm³/mol. The van der Waals surface area contributed by atoms with Gasteiger partial charge in [-0.3, -0.25) is 0 Å². The topological polar surface area (TPSA) is 35.5 Å². The molecule has 3 heteroatoms. The van der Waals surface area contributed by atoms with Gasteiger partial charge in [0.05, 0.1) is 0 Å². The minimum absolute atomic E-state index is 0.330. The van der Waals surface area contributed by atoms with Gasteiger partial charge in [-0.2, -0.15) is 0 Å². The van der Waals surface area contributed by atoms with Gasteiger partial charge < -0.3 is 15.3 Å². The number of rotatable bonds is 9. The van der Waals surface area contributed by atoms with E-state index < -0.39 is 0 Å². The SMILES string of the molecule is CCC(NCC(C(CC)CC)N(C)C)c1ccc(O)cc1. The number of hydrogen-bond acceptors (Lipinski definition) is 3. The molecule has 0 bridgehead atoms. The number of hydrogen-bond donors (Lipinski definition) is 2. The molecular weight excluding hydrogens is 260 g/mol. The quantitative estimate of drug-likeness (QED) is 0.726. The maximum Gasteiger partial charge on any atom is 0.115 e. The molecule has 120 valence electrons. The van der Waals surface area contributed by atoms with E-state index in [9.17, 15) is 5.11 Å². The van der Waals surface area contributed by atoms with Crippen LogP contribution in [0.4, 0.5) is 0 Å². The second kappa shape index (κ2) is 9.06. The second-order valence-electron chi connectivity index (χ2n) is 6.07. The Kier molecular flexibility index (Phi) is 7.76. The first-order valence-corrected chi connectivity index (χ1v) is 8.22. The van der Waals surface area contributed by atoms with Crippen molar-refractivity contribution >= 4 is 0 Å². The van der Waals surface area contributed by atoms with Gasteiger partial charge in [0.15, 0.2) is 0 Å². The lowest BCUT2D eigenvalue weighted by Crippen LogP contribution is -2.43. The van der Waals surface area contributed by atoms with Crippen molar-refractivity contribution < 1.29 is 5.11 Å². The Hall–Kier alpha value is -1.06. The third-order valence-electron chi connectivity index (χ3n) is 4.53. The average Bonchev–Trinajstić information content (AvgIpc) is 2.48. The molecule has 1 rings (SSSR count). The van der Waals surface area contributed by atoms with Crippen LogP contribution in [0.3, 0.4) is 0 Å². The van der Waals surface area contributed by atoms with Gasteiger partial charge in [0.2, 0.25) is 0 Å².